The largest absolute Gasteiger partial charge is 0.497 e. The minimum atomic E-state index is -3.75. The number of ether oxygens (including phenoxy) is 2. The zero-order valence-electron chi connectivity index (χ0n) is 25.4. The number of hydrogen-bond donors (Lipinski definition) is 1. The van der Waals surface area contributed by atoms with Gasteiger partial charge in [0, 0.05) is 45.7 Å². The molecule has 0 saturated carbocycles. The van der Waals surface area contributed by atoms with Gasteiger partial charge in [-0.2, -0.15) is 4.31 Å². The lowest BCUT2D eigenvalue weighted by molar-refractivity contribution is -0.141. The number of carbonyl (C=O) groups excluding carboxylic acids is 2. The first-order chi connectivity index (χ1) is 21.2. The minimum Gasteiger partial charge on any atom is -0.497 e. The highest BCUT2D eigenvalue weighted by Crippen LogP contribution is 2.19. The molecule has 1 saturated heterocycles. The number of methoxy groups -OCH3 is 1. The Bertz CT molecular complexity index is 1430. The highest BCUT2D eigenvalue weighted by Gasteiger charge is 2.33. The molecule has 0 radical (unpaired) electrons. The van der Waals surface area contributed by atoms with Gasteiger partial charge in [0.2, 0.25) is 21.8 Å². The van der Waals surface area contributed by atoms with Crippen molar-refractivity contribution in [3.05, 3.63) is 102 Å². The lowest BCUT2D eigenvalue weighted by atomic mass is 10.0. The summed E-state index contributed by atoms with van der Waals surface area (Å²) in [6.45, 7) is 3.75. The molecule has 0 bridgehead atoms. The van der Waals surface area contributed by atoms with Crippen LogP contribution in [-0.4, -0.2) is 99.7 Å². The summed E-state index contributed by atoms with van der Waals surface area (Å²) in [5.41, 5.74) is 2.43. The molecule has 1 atom stereocenters. The third-order valence-corrected chi connectivity index (χ3v) is 8.79. The van der Waals surface area contributed by atoms with E-state index in [1.54, 1.807) is 19.2 Å². The van der Waals surface area contributed by atoms with Gasteiger partial charge >= 0.3 is 0 Å². The number of hydrogen-bond acceptors (Lipinski definition) is 7. The van der Waals surface area contributed by atoms with Crippen LogP contribution >= 0.6 is 0 Å². The lowest BCUT2D eigenvalue weighted by Gasteiger charge is -2.33. The van der Waals surface area contributed by atoms with Gasteiger partial charge in [-0.1, -0.05) is 72.8 Å². The van der Waals surface area contributed by atoms with E-state index in [1.807, 2.05) is 72.8 Å². The summed E-state index contributed by atoms with van der Waals surface area (Å²) in [6.07, 6.45) is 1.36. The van der Waals surface area contributed by atoms with Crippen molar-refractivity contribution in [3.8, 4) is 5.75 Å². The molecule has 3 aromatic carbocycles. The molecule has 1 aliphatic heterocycles. The van der Waals surface area contributed by atoms with Crippen LogP contribution in [0.1, 0.15) is 16.7 Å². The second-order valence-corrected chi connectivity index (χ2v) is 12.8. The number of rotatable bonds is 15. The van der Waals surface area contributed by atoms with Crippen molar-refractivity contribution in [3.63, 3.8) is 0 Å². The first-order valence-corrected chi connectivity index (χ1v) is 16.6. The monoisotopic (exact) mass is 622 g/mol. The van der Waals surface area contributed by atoms with E-state index in [0.29, 0.717) is 32.1 Å². The Morgan fingerprint density at radius 2 is 1.48 bits per heavy atom. The van der Waals surface area contributed by atoms with Crippen LogP contribution in [0.15, 0.2) is 84.9 Å². The lowest BCUT2D eigenvalue weighted by Crippen LogP contribution is -2.54. The molecular formula is C33H42N4O6S. The van der Waals surface area contributed by atoms with Gasteiger partial charge in [0.05, 0.1) is 33.1 Å². The number of morpholine rings is 1. The van der Waals surface area contributed by atoms with Crippen molar-refractivity contribution in [1.29, 1.82) is 0 Å². The van der Waals surface area contributed by atoms with E-state index in [0.717, 1.165) is 40.3 Å². The van der Waals surface area contributed by atoms with Crippen LogP contribution in [0.25, 0.3) is 0 Å². The van der Waals surface area contributed by atoms with Crippen molar-refractivity contribution in [2.24, 2.45) is 0 Å². The molecular weight excluding hydrogens is 580 g/mol. The van der Waals surface area contributed by atoms with Gasteiger partial charge in [-0.05, 0) is 28.8 Å². The summed E-state index contributed by atoms with van der Waals surface area (Å²) >= 11 is 0. The fourth-order valence-electron chi connectivity index (χ4n) is 5.08. The van der Waals surface area contributed by atoms with Crippen molar-refractivity contribution in [1.82, 2.24) is 19.4 Å². The van der Waals surface area contributed by atoms with Crippen LogP contribution in [0.2, 0.25) is 0 Å². The Morgan fingerprint density at radius 3 is 2.07 bits per heavy atom. The zero-order chi connectivity index (χ0) is 31.4. The van der Waals surface area contributed by atoms with Crippen molar-refractivity contribution in [2.45, 2.75) is 25.6 Å². The highest BCUT2D eigenvalue weighted by molar-refractivity contribution is 7.88. The smallest absolute Gasteiger partial charge is 0.243 e. The maximum absolute atomic E-state index is 14.2. The van der Waals surface area contributed by atoms with Crippen molar-refractivity contribution < 1.29 is 27.5 Å². The molecule has 1 aliphatic rings. The van der Waals surface area contributed by atoms with E-state index < -0.39 is 28.5 Å². The van der Waals surface area contributed by atoms with Crippen LogP contribution in [-0.2, 0) is 43.9 Å². The van der Waals surface area contributed by atoms with E-state index in [1.165, 1.54) is 4.90 Å². The standard InChI is InChI=1S/C33H42N4O6S/c1-42-30-15-13-29(14-16-30)25-37(32(38)26-36(44(2,40)41)24-28-11-7-4-8-12-28)31(23-27-9-5-3-6-10-27)33(39)34-17-18-35-19-21-43-22-20-35/h3-16,31H,17-26H2,1-2H3,(H,34,39). The zero-order valence-corrected chi connectivity index (χ0v) is 26.2. The molecule has 10 nitrogen and oxygen atoms in total. The maximum atomic E-state index is 14.2. The third kappa shape index (κ3) is 10.2. The van der Waals surface area contributed by atoms with Gasteiger partial charge < -0.3 is 19.7 Å². The Kier molecular flexibility index (Phi) is 12.3. The van der Waals surface area contributed by atoms with E-state index in [2.05, 4.69) is 10.2 Å². The summed E-state index contributed by atoms with van der Waals surface area (Å²) in [4.78, 5) is 31.8. The van der Waals surface area contributed by atoms with Crippen LogP contribution in [0.5, 0.6) is 5.75 Å². The maximum Gasteiger partial charge on any atom is 0.243 e. The average Bonchev–Trinajstić information content (AvgIpc) is 3.03. The van der Waals surface area contributed by atoms with Gasteiger partial charge in [-0.15, -0.1) is 0 Å². The molecule has 0 aromatic heterocycles. The summed E-state index contributed by atoms with van der Waals surface area (Å²) < 4.78 is 37.6. The second kappa shape index (κ2) is 16.3. The quantitative estimate of drug-likeness (QED) is 0.278. The van der Waals surface area contributed by atoms with Gasteiger partial charge in [-0.25, -0.2) is 8.42 Å². The number of sulfonamides is 1. The highest BCUT2D eigenvalue weighted by atomic mass is 32.2. The summed E-state index contributed by atoms with van der Waals surface area (Å²) in [7, 11) is -2.17. The van der Waals surface area contributed by atoms with Crippen LogP contribution in [0.4, 0.5) is 0 Å². The Balaban J connectivity index is 1.62. The molecule has 11 heteroatoms. The van der Waals surface area contributed by atoms with Crippen LogP contribution in [0, 0.1) is 0 Å². The SMILES string of the molecule is COc1ccc(CN(C(=O)CN(Cc2ccccc2)S(C)(=O)=O)C(Cc2ccccc2)C(=O)NCCN2CCOCC2)cc1. The first kappa shape index (κ1) is 33.1. The fraction of sp³-hybridized carbons (Fsp3) is 0.394. The Labute approximate surface area is 260 Å². The predicted octanol–water partition coefficient (Wildman–Crippen LogP) is 2.55. The van der Waals surface area contributed by atoms with Gasteiger partial charge in [0.15, 0.2) is 0 Å². The normalized spacial score (nSPS) is 14.6. The molecule has 3 aromatic rings. The second-order valence-electron chi connectivity index (χ2n) is 10.8. The number of benzene rings is 3. The Hall–Kier alpha value is -3.77. The molecule has 1 heterocycles. The molecule has 236 valence electrons. The van der Waals surface area contributed by atoms with Gasteiger partial charge in [0.1, 0.15) is 11.8 Å². The molecule has 44 heavy (non-hydrogen) atoms. The van der Waals surface area contributed by atoms with Gasteiger partial charge in [0.25, 0.3) is 0 Å². The summed E-state index contributed by atoms with van der Waals surface area (Å²) in [6, 6.07) is 25.0. The fourth-order valence-corrected chi connectivity index (χ4v) is 5.81. The molecule has 1 unspecified atom stereocenters. The number of carbonyl (C=O) groups is 2. The van der Waals surface area contributed by atoms with Crippen molar-refractivity contribution in [2.75, 3.05) is 59.3 Å². The Morgan fingerprint density at radius 1 is 0.886 bits per heavy atom. The minimum absolute atomic E-state index is 0.0386. The number of nitrogens with zero attached hydrogens (tertiary/aromatic N) is 3. The average molecular weight is 623 g/mol. The van der Waals surface area contributed by atoms with Crippen molar-refractivity contribution >= 4 is 21.8 Å². The number of nitrogens with one attached hydrogen (secondary N) is 1. The van der Waals surface area contributed by atoms with E-state index in [9.17, 15) is 18.0 Å². The summed E-state index contributed by atoms with van der Waals surface area (Å²) in [5.74, 6) is -0.0937. The van der Waals surface area contributed by atoms with Crippen LogP contribution < -0.4 is 10.1 Å². The van der Waals surface area contributed by atoms with E-state index >= 15 is 0 Å². The molecule has 1 N–H and O–H groups in total. The number of amides is 2. The van der Waals surface area contributed by atoms with E-state index in [4.69, 9.17) is 9.47 Å². The molecule has 0 aliphatic carbocycles. The third-order valence-electron chi connectivity index (χ3n) is 7.60. The van der Waals surface area contributed by atoms with Gasteiger partial charge in [-0.3, -0.25) is 14.5 Å². The summed E-state index contributed by atoms with van der Waals surface area (Å²) in [5, 5.41) is 3.05. The van der Waals surface area contributed by atoms with E-state index in [-0.39, 0.29) is 25.4 Å². The molecule has 4 rings (SSSR count). The molecule has 2 amide bonds. The topological polar surface area (TPSA) is 108 Å². The van der Waals surface area contributed by atoms with Crippen LogP contribution in [0.3, 0.4) is 0 Å². The predicted molar refractivity (Wildman–Crippen MR) is 169 cm³/mol. The molecule has 1 fully saturated rings. The first-order valence-electron chi connectivity index (χ1n) is 14.8. The molecule has 0 spiro atoms.